The highest BCUT2D eigenvalue weighted by atomic mass is 16.4. The number of aromatic nitrogens is 2. The van der Waals surface area contributed by atoms with E-state index < -0.39 is 29.6 Å². The Morgan fingerprint density at radius 2 is 1.55 bits per heavy atom. The second-order valence-electron chi connectivity index (χ2n) is 6.41. The molecule has 2 aromatic carbocycles. The Balaban J connectivity index is 2.22. The molecule has 4 N–H and O–H groups in total. The molecule has 8 heteroatoms. The lowest BCUT2D eigenvalue weighted by Crippen LogP contribution is -2.48. The summed E-state index contributed by atoms with van der Waals surface area (Å²) in [5, 5.41) is 27.6. The molecule has 0 saturated carbocycles. The summed E-state index contributed by atoms with van der Waals surface area (Å²) in [6, 6.07) is 16.2. The van der Waals surface area contributed by atoms with Gasteiger partial charge in [0.15, 0.2) is 6.04 Å². The highest BCUT2D eigenvalue weighted by Gasteiger charge is 2.29. The first kappa shape index (κ1) is 20.0. The van der Waals surface area contributed by atoms with Crippen molar-refractivity contribution in [2.24, 2.45) is 0 Å². The van der Waals surface area contributed by atoms with E-state index in [0.717, 1.165) is 0 Å². The molecule has 0 bridgehead atoms. The van der Waals surface area contributed by atoms with E-state index >= 15 is 0 Å². The van der Waals surface area contributed by atoms with Crippen molar-refractivity contribution in [2.45, 2.75) is 19.1 Å². The zero-order valence-corrected chi connectivity index (χ0v) is 15.5. The zero-order chi connectivity index (χ0) is 21.0. The van der Waals surface area contributed by atoms with Crippen molar-refractivity contribution in [1.82, 2.24) is 15.5 Å². The Hall–Kier alpha value is -3.78. The molecule has 2 atom stereocenters. The number of aromatic amines is 1. The van der Waals surface area contributed by atoms with Gasteiger partial charge in [-0.3, -0.25) is 9.59 Å². The van der Waals surface area contributed by atoms with Gasteiger partial charge in [0.25, 0.3) is 11.5 Å². The molecule has 0 spiro atoms. The van der Waals surface area contributed by atoms with Crippen LogP contribution in [0.15, 0.2) is 65.5 Å². The molecule has 0 aliphatic heterocycles. The van der Waals surface area contributed by atoms with Gasteiger partial charge in [-0.25, -0.2) is 9.89 Å². The van der Waals surface area contributed by atoms with Gasteiger partial charge in [0.05, 0.1) is 11.8 Å². The van der Waals surface area contributed by atoms with Crippen LogP contribution in [0.4, 0.5) is 0 Å². The van der Waals surface area contributed by atoms with Gasteiger partial charge in [-0.1, -0.05) is 60.7 Å². The first-order valence-corrected chi connectivity index (χ1v) is 8.85. The van der Waals surface area contributed by atoms with Crippen molar-refractivity contribution in [3.05, 3.63) is 76.6 Å². The monoisotopic (exact) mass is 393 g/mol. The summed E-state index contributed by atoms with van der Waals surface area (Å²) in [5.41, 5.74) is 0.826. The van der Waals surface area contributed by atoms with E-state index in [2.05, 4.69) is 15.5 Å². The van der Waals surface area contributed by atoms with Crippen LogP contribution in [0.25, 0.3) is 22.4 Å². The van der Waals surface area contributed by atoms with E-state index in [0.29, 0.717) is 16.8 Å². The van der Waals surface area contributed by atoms with Gasteiger partial charge in [-0.2, -0.15) is 5.10 Å². The van der Waals surface area contributed by atoms with Crippen LogP contribution in [0.1, 0.15) is 17.3 Å². The number of amides is 1. The first-order chi connectivity index (χ1) is 13.9. The Labute approximate surface area is 165 Å². The first-order valence-electron chi connectivity index (χ1n) is 8.85. The molecule has 2 unspecified atom stereocenters. The smallest absolute Gasteiger partial charge is 0.328 e. The van der Waals surface area contributed by atoms with Gasteiger partial charge in [0.2, 0.25) is 0 Å². The quantitative estimate of drug-likeness (QED) is 0.504. The number of carbonyl (C=O) groups excluding carboxylic acids is 1. The van der Waals surface area contributed by atoms with Crippen molar-refractivity contribution >= 4 is 11.9 Å². The third-order valence-corrected chi connectivity index (χ3v) is 4.35. The van der Waals surface area contributed by atoms with E-state index in [1.165, 1.54) is 6.92 Å². The van der Waals surface area contributed by atoms with Gasteiger partial charge in [0.1, 0.15) is 5.56 Å². The average Bonchev–Trinajstić information content (AvgIpc) is 2.72. The number of carboxylic acid groups (broad SMARTS) is 1. The lowest BCUT2D eigenvalue weighted by molar-refractivity contribution is -0.141. The number of aliphatic hydroxyl groups excluding tert-OH is 1. The summed E-state index contributed by atoms with van der Waals surface area (Å²) >= 11 is 0. The molecule has 1 aromatic heterocycles. The van der Waals surface area contributed by atoms with Crippen LogP contribution >= 0.6 is 0 Å². The van der Waals surface area contributed by atoms with E-state index in [4.69, 9.17) is 0 Å². The number of hydrogen-bond donors (Lipinski definition) is 4. The number of nitrogens with zero attached hydrogens (tertiary/aromatic N) is 1. The van der Waals surface area contributed by atoms with Gasteiger partial charge < -0.3 is 15.5 Å². The topological polar surface area (TPSA) is 132 Å². The molecule has 3 rings (SSSR count). The van der Waals surface area contributed by atoms with Crippen molar-refractivity contribution in [2.75, 3.05) is 0 Å². The highest BCUT2D eigenvalue weighted by molar-refractivity contribution is 6.04. The van der Waals surface area contributed by atoms with Gasteiger partial charge in [-0.15, -0.1) is 0 Å². The molecule has 29 heavy (non-hydrogen) atoms. The van der Waals surface area contributed by atoms with Gasteiger partial charge >= 0.3 is 5.97 Å². The molecule has 3 aromatic rings. The number of H-pyrrole nitrogens is 1. The van der Waals surface area contributed by atoms with Gasteiger partial charge in [-0.05, 0) is 12.5 Å². The van der Waals surface area contributed by atoms with Crippen LogP contribution in [0.5, 0.6) is 0 Å². The van der Waals surface area contributed by atoms with Gasteiger partial charge in [0, 0.05) is 11.1 Å². The fourth-order valence-electron chi connectivity index (χ4n) is 2.96. The van der Waals surface area contributed by atoms with Crippen LogP contribution in [0.2, 0.25) is 0 Å². The van der Waals surface area contributed by atoms with Crippen molar-refractivity contribution in [3.8, 4) is 22.4 Å². The molecule has 1 amide bonds. The minimum absolute atomic E-state index is 0.271. The maximum Gasteiger partial charge on any atom is 0.328 e. The molecular weight excluding hydrogens is 374 g/mol. The lowest BCUT2D eigenvalue weighted by atomic mass is 9.95. The number of aliphatic hydroxyl groups is 1. The molecule has 0 radical (unpaired) electrons. The predicted molar refractivity (Wildman–Crippen MR) is 106 cm³/mol. The second-order valence-corrected chi connectivity index (χ2v) is 6.41. The summed E-state index contributed by atoms with van der Waals surface area (Å²) in [5.74, 6) is -2.33. The SMILES string of the molecule is CC(O)C(NC(=O)c1c(-c2ccccc2)c(-c2ccccc2)n[nH]c1=O)C(=O)O. The summed E-state index contributed by atoms with van der Waals surface area (Å²) < 4.78 is 0. The number of nitrogens with one attached hydrogen (secondary N) is 2. The van der Waals surface area contributed by atoms with Crippen LogP contribution < -0.4 is 10.9 Å². The maximum atomic E-state index is 12.9. The van der Waals surface area contributed by atoms with Crippen molar-refractivity contribution in [1.29, 1.82) is 0 Å². The molecule has 1 heterocycles. The minimum atomic E-state index is -1.57. The summed E-state index contributed by atoms with van der Waals surface area (Å²) in [4.78, 5) is 36.9. The molecule has 148 valence electrons. The Bertz CT molecular complexity index is 1080. The predicted octanol–water partition coefficient (Wildman–Crippen LogP) is 1.67. The molecule has 0 fully saturated rings. The number of aliphatic carboxylic acids is 1. The van der Waals surface area contributed by atoms with Crippen LogP contribution in [-0.4, -0.2) is 44.4 Å². The average molecular weight is 393 g/mol. The molecule has 0 saturated heterocycles. The standard InChI is InChI=1S/C21H19N3O5/c1-12(25)17(21(28)29)22-19(26)16-15(13-8-4-2-5-9-13)18(23-24-20(16)27)14-10-6-3-7-11-14/h2-12,17,25H,1H3,(H,22,26)(H,24,27)(H,28,29). The fourth-order valence-corrected chi connectivity index (χ4v) is 2.96. The molecule has 0 aliphatic carbocycles. The van der Waals surface area contributed by atoms with Crippen molar-refractivity contribution in [3.63, 3.8) is 0 Å². The Morgan fingerprint density at radius 3 is 2.07 bits per heavy atom. The minimum Gasteiger partial charge on any atom is -0.480 e. The summed E-state index contributed by atoms with van der Waals surface area (Å²) in [7, 11) is 0. The third kappa shape index (κ3) is 4.22. The maximum absolute atomic E-state index is 12.9. The summed E-state index contributed by atoms with van der Waals surface area (Å²) in [6.45, 7) is 1.24. The van der Waals surface area contributed by atoms with Crippen LogP contribution in [0.3, 0.4) is 0 Å². The Morgan fingerprint density at radius 1 is 1.00 bits per heavy atom. The normalized spacial score (nSPS) is 12.8. The van der Waals surface area contributed by atoms with E-state index in [1.807, 2.05) is 6.07 Å². The lowest BCUT2D eigenvalue weighted by Gasteiger charge is -2.19. The second kappa shape index (κ2) is 8.49. The van der Waals surface area contributed by atoms with Crippen molar-refractivity contribution < 1.29 is 19.8 Å². The van der Waals surface area contributed by atoms with Crippen LogP contribution in [0, 0.1) is 0 Å². The highest BCUT2D eigenvalue weighted by Crippen LogP contribution is 2.31. The zero-order valence-electron chi connectivity index (χ0n) is 15.5. The number of rotatable bonds is 6. The van der Waals surface area contributed by atoms with E-state index in [-0.39, 0.29) is 11.1 Å². The molecular formula is C21H19N3O5. The Kier molecular flexibility index (Phi) is 5.85. The molecule has 8 nitrogen and oxygen atoms in total. The molecule has 0 aliphatic rings. The van der Waals surface area contributed by atoms with E-state index in [1.54, 1.807) is 54.6 Å². The third-order valence-electron chi connectivity index (χ3n) is 4.35. The number of carbonyl (C=O) groups is 2. The van der Waals surface area contributed by atoms with E-state index in [9.17, 15) is 24.6 Å². The largest absolute Gasteiger partial charge is 0.480 e. The number of carboxylic acids is 1. The van der Waals surface area contributed by atoms with Crippen LogP contribution in [-0.2, 0) is 4.79 Å². The summed E-state index contributed by atoms with van der Waals surface area (Å²) in [6.07, 6.45) is -1.36. The number of hydrogen-bond acceptors (Lipinski definition) is 5. The number of benzene rings is 2. The fraction of sp³-hybridized carbons (Fsp3) is 0.143.